The average Bonchev–Trinajstić information content (AvgIpc) is 3.27. The fraction of sp³-hybridized carbons (Fsp3) is 0.300. The number of carbonyl (C=O) groups is 2. The minimum absolute atomic E-state index is 0.0972. The minimum Gasteiger partial charge on any atom is -0.454 e. The van der Waals surface area contributed by atoms with Crippen LogP contribution in [0.4, 0.5) is 0 Å². The molecule has 160 valence electrons. The smallest absolute Gasteiger partial charge is 0.339 e. The summed E-state index contributed by atoms with van der Waals surface area (Å²) in [6.07, 6.45) is 2.62. The maximum atomic E-state index is 12.5. The number of Topliss-reactive ketones (excluding diaryl/α,β-unsaturated/α-hetero) is 1. The van der Waals surface area contributed by atoms with E-state index >= 15 is 0 Å². The summed E-state index contributed by atoms with van der Waals surface area (Å²) in [7, 11) is -7.22. The van der Waals surface area contributed by atoms with Gasteiger partial charge in [-0.05, 0) is 49.2 Å². The summed E-state index contributed by atoms with van der Waals surface area (Å²) in [5, 5.41) is 0. The number of carbonyl (C=O) groups excluding carboxylic acids is 2. The van der Waals surface area contributed by atoms with E-state index in [2.05, 4.69) is 0 Å². The molecule has 0 bridgehead atoms. The fourth-order valence-electron chi connectivity index (χ4n) is 3.14. The van der Waals surface area contributed by atoms with E-state index in [1.54, 1.807) is 0 Å². The summed E-state index contributed by atoms with van der Waals surface area (Å²) >= 11 is 0. The Balaban J connectivity index is 1.68. The number of rotatable bonds is 7. The summed E-state index contributed by atoms with van der Waals surface area (Å²) in [5.74, 6) is -1.47. The Bertz CT molecular complexity index is 1160. The van der Waals surface area contributed by atoms with E-state index in [0.717, 1.165) is 19.1 Å². The Kier molecular flexibility index (Phi) is 6.39. The van der Waals surface area contributed by atoms with Gasteiger partial charge in [0.25, 0.3) is 0 Å². The molecule has 0 radical (unpaired) electrons. The standard InChI is InChI=1S/C20H21NO7S2/c1-29(24,25)19-7-3-2-6-17(19)20(23)28-14-18(22)15-8-10-16(11-9-15)30(26,27)21-12-4-5-13-21/h2-3,6-11H,4-5,12-14H2,1H3. The highest BCUT2D eigenvalue weighted by Gasteiger charge is 2.27. The van der Waals surface area contributed by atoms with Crippen LogP contribution >= 0.6 is 0 Å². The van der Waals surface area contributed by atoms with Crippen molar-refractivity contribution in [3.63, 3.8) is 0 Å². The summed E-state index contributed by atoms with van der Waals surface area (Å²) < 4.78 is 55.0. The van der Waals surface area contributed by atoms with Crippen LogP contribution in [0.1, 0.15) is 33.6 Å². The SMILES string of the molecule is CS(=O)(=O)c1ccccc1C(=O)OCC(=O)c1ccc(S(=O)(=O)N2CCCC2)cc1. The number of sulfonamides is 1. The molecule has 1 fully saturated rings. The third kappa shape index (κ3) is 4.77. The Labute approximate surface area is 175 Å². The molecule has 0 aromatic heterocycles. The molecule has 1 saturated heterocycles. The predicted molar refractivity (Wildman–Crippen MR) is 109 cm³/mol. The highest BCUT2D eigenvalue weighted by molar-refractivity contribution is 7.90. The Hall–Kier alpha value is -2.56. The third-order valence-corrected chi connectivity index (χ3v) is 7.79. The number of hydrogen-bond acceptors (Lipinski definition) is 7. The largest absolute Gasteiger partial charge is 0.454 e. The molecule has 1 heterocycles. The van der Waals surface area contributed by atoms with Gasteiger partial charge in [-0.15, -0.1) is 0 Å². The number of sulfone groups is 1. The number of hydrogen-bond donors (Lipinski definition) is 0. The molecule has 0 N–H and O–H groups in total. The van der Waals surface area contributed by atoms with Crippen molar-refractivity contribution < 1.29 is 31.2 Å². The zero-order valence-electron chi connectivity index (χ0n) is 16.3. The van der Waals surface area contributed by atoms with Crippen molar-refractivity contribution in [1.82, 2.24) is 4.31 Å². The van der Waals surface area contributed by atoms with Gasteiger partial charge in [0.2, 0.25) is 10.0 Å². The van der Waals surface area contributed by atoms with Crippen LogP contribution in [-0.4, -0.2) is 58.8 Å². The van der Waals surface area contributed by atoms with Gasteiger partial charge in [0, 0.05) is 24.9 Å². The molecule has 10 heteroatoms. The topological polar surface area (TPSA) is 115 Å². The van der Waals surface area contributed by atoms with Crippen LogP contribution in [0.2, 0.25) is 0 Å². The molecule has 0 unspecified atom stereocenters. The van der Waals surface area contributed by atoms with Crippen molar-refractivity contribution in [1.29, 1.82) is 0 Å². The summed E-state index contributed by atoms with van der Waals surface area (Å²) in [6, 6.07) is 11.0. The molecule has 1 aliphatic heterocycles. The van der Waals surface area contributed by atoms with E-state index in [1.807, 2.05) is 0 Å². The van der Waals surface area contributed by atoms with Crippen LogP contribution in [0.25, 0.3) is 0 Å². The molecule has 30 heavy (non-hydrogen) atoms. The number of ketones is 1. The summed E-state index contributed by atoms with van der Waals surface area (Å²) in [6.45, 7) is 0.358. The predicted octanol–water partition coefficient (Wildman–Crippen LogP) is 1.91. The average molecular weight is 452 g/mol. The number of esters is 1. The second-order valence-electron chi connectivity index (χ2n) is 6.90. The molecular formula is C20H21NO7S2. The maximum Gasteiger partial charge on any atom is 0.339 e. The van der Waals surface area contributed by atoms with Crippen molar-refractivity contribution in [3.8, 4) is 0 Å². The van der Waals surface area contributed by atoms with E-state index < -0.39 is 38.2 Å². The molecule has 0 spiro atoms. The number of nitrogens with zero attached hydrogens (tertiary/aromatic N) is 1. The van der Waals surface area contributed by atoms with Gasteiger partial charge in [0.05, 0.1) is 15.4 Å². The van der Waals surface area contributed by atoms with Gasteiger partial charge < -0.3 is 4.74 Å². The quantitative estimate of drug-likeness (QED) is 0.466. The molecule has 0 aliphatic carbocycles. The zero-order chi connectivity index (χ0) is 21.9. The van der Waals surface area contributed by atoms with Gasteiger partial charge in [-0.25, -0.2) is 21.6 Å². The maximum absolute atomic E-state index is 12.5. The highest BCUT2D eigenvalue weighted by Crippen LogP contribution is 2.21. The normalized spacial score (nSPS) is 15.1. The molecule has 8 nitrogen and oxygen atoms in total. The second-order valence-corrected chi connectivity index (χ2v) is 10.8. The van der Waals surface area contributed by atoms with E-state index in [0.29, 0.717) is 13.1 Å². The first kappa shape index (κ1) is 22.1. The summed E-state index contributed by atoms with van der Waals surface area (Å²) in [4.78, 5) is 24.5. The van der Waals surface area contributed by atoms with Gasteiger partial charge in [-0.2, -0.15) is 4.31 Å². The lowest BCUT2D eigenvalue weighted by Gasteiger charge is -2.15. The van der Waals surface area contributed by atoms with Crippen molar-refractivity contribution in [2.45, 2.75) is 22.6 Å². The number of ether oxygens (including phenoxy) is 1. The Morgan fingerprint density at radius 2 is 1.53 bits per heavy atom. The van der Waals surface area contributed by atoms with Crippen LogP contribution in [0.3, 0.4) is 0 Å². The lowest BCUT2D eigenvalue weighted by atomic mass is 10.1. The van der Waals surface area contributed by atoms with Crippen molar-refractivity contribution >= 4 is 31.6 Å². The molecule has 2 aromatic rings. The van der Waals surface area contributed by atoms with Crippen molar-refractivity contribution in [2.24, 2.45) is 0 Å². The molecular weight excluding hydrogens is 430 g/mol. The van der Waals surface area contributed by atoms with E-state index in [9.17, 15) is 26.4 Å². The number of benzene rings is 2. The van der Waals surface area contributed by atoms with Crippen LogP contribution in [-0.2, 0) is 24.6 Å². The molecule has 3 rings (SSSR count). The van der Waals surface area contributed by atoms with Gasteiger partial charge in [0.15, 0.2) is 22.2 Å². The molecule has 0 atom stereocenters. The van der Waals surface area contributed by atoms with Crippen LogP contribution in [0.5, 0.6) is 0 Å². The van der Waals surface area contributed by atoms with E-state index in [-0.39, 0.29) is 20.9 Å². The van der Waals surface area contributed by atoms with Crippen LogP contribution in [0, 0.1) is 0 Å². The molecule has 1 aliphatic rings. The molecule has 0 saturated carbocycles. The second kappa shape index (κ2) is 8.66. The molecule has 0 amide bonds. The minimum atomic E-state index is -3.64. The molecule has 2 aromatic carbocycles. The zero-order valence-corrected chi connectivity index (χ0v) is 17.9. The third-order valence-electron chi connectivity index (χ3n) is 4.72. The van der Waals surface area contributed by atoms with Crippen LogP contribution in [0.15, 0.2) is 58.3 Å². The van der Waals surface area contributed by atoms with Gasteiger partial charge in [-0.3, -0.25) is 4.79 Å². The van der Waals surface area contributed by atoms with Gasteiger partial charge in [-0.1, -0.05) is 12.1 Å². The monoisotopic (exact) mass is 451 g/mol. The first-order valence-corrected chi connectivity index (χ1v) is 12.5. The first-order chi connectivity index (χ1) is 14.1. The van der Waals surface area contributed by atoms with E-state index in [4.69, 9.17) is 4.74 Å². The van der Waals surface area contributed by atoms with Gasteiger partial charge in [0.1, 0.15) is 0 Å². The van der Waals surface area contributed by atoms with Crippen molar-refractivity contribution in [3.05, 3.63) is 59.7 Å². The highest BCUT2D eigenvalue weighted by atomic mass is 32.2. The van der Waals surface area contributed by atoms with Crippen molar-refractivity contribution in [2.75, 3.05) is 26.0 Å². The Morgan fingerprint density at radius 3 is 2.13 bits per heavy atom. The lowest BCUT2D eigenvalue weighted by Crippen LogP contribution is -2.27. The van der Waals surface area contributed by atoms with Gasteiger partial charge >= 0.3 is 5.97 Å². The van der Waals surface area contributed by atoms with E-state index in [1.165, 1.54) is 52.8 Å². The first-order valence-electron chi connectivity index (χ1n) is 9.20. The van der Waals surface area contributed by atoms with Crippen LogP contribution < -0.4 is 0 Å². The fourth-order valence-corrected chi connectivity index (χ4v) is 5.53. The summed E-state index contributed by atoms with van der Waals surface area (Å²) in [5.41, 5.74) is 0.0272. The lowest BCUT2D eigenvalue weighted by molar-refractivity contribution is 0.0471. The Morgan fingerprint density at radius 1 is 0.933 bits per heavy atom.